The standard InChI is InChI=1S/C53H69F3N14O4/c1-57-53(72)68-18-12-46-45(35-68)52(69-15-4-6-37-28-43(38-32-60-63(2)33-38)44(51(55)56)30-47(37)69)62-70(46)41-10-16-66(17-11-41)50(71)13-24-73-26-27-74-25-23-64-19-21-65(22-20-64)49-31-48(58-36-59-49)61-40-8-5-14-67(34-40)42-9-3-7-39(54)29-42/h3,7,9,28-33,36,40-41,51H,4-6,8,10-27,34-35H2,1-2H3,(H,57,72)(H,58,59,61)/t40-/m1/s1. The number of benzene rings is 2. The Hall–Kier alpha value is -6.45. The third kappa shape index (κ3) is 11.7. The van der Waals surface area contributed by atoms with Crippen molar-refractivity contribution in [2.75, 3.05) is 125 Å². The lowest BCUT2D eigenvalue weighted by Gasteiger charge is -2.36. The van der Waals surface area contributed by atoms with Crippen molar-refractivity contribution in [2.24, 2.45) is 7.05 Å². The van der Waals surface area contributed by atoms with Gasteiger partial charge in [-0.25, -0.2) is 27.9 Å². The number of carbonyl (C=O) groups excluding carboxylic acids is 2. The monoisotopic (exact) mass is 1020 g/mol. The maximum Gasteiger partial charge on any atom is 0.317 e. The molecule has 18 nitrogen and oxygen atoms in total. The number of nitrogens with zero attached hydrogens (tertiary/aromatic N) is 12. The van der Waals surface area contributed by atoms with Crippen LogP contribution in [0.2, 0.25) is 0 Å². The van der Waals surface area contributed by atoms with Crippen molar-refractivity contribution < 1.29 is 32.2 Å². The van der Waals surface area contributed by atoms with Gasteiger partial charge in [-0.05, 0) is 80.0 Å². The van der Waals surface area contributed by atoms with Gasteiger partial charge in [-0.2, -0.15) is 10.2 Å². The number of aryl methyl sites for hydroxylation is 2. The number of aromatic nitrogens is 6. The highest BCUT2D eigenvalue weighted by atomic mass is 19.3. The Kier molecular flexibility index (Phi) is 16.1. The summed E-state index contributed by atoms with van der Waals surface area (Å²) in [6.07, 6.45) is 8.28. The number of piperazine rings is 1. The van der Waals surface area contributed by atoms with Crippen LogP contribution in [0.25, 0.3) is 11.1 Å². The number of fused-ring (bicyclic) bond motifs is 2. The normalized spacial score (nSPS) is 18.7. The first-order valence-electron chi connectivity index (χ1n) is 26.4. The third-order valence-corrected chi connectivity index (χ3v) is 15.3. The van der Waals surface area contributed by atoms with Gasteiger partial charge in [0.15, 0.2) is 5.82 Å². The van der Waals surface area contributed by atoms with Crippen LogP contribution in [0, 0.1) is 5.82 Å². The molecule has 5 aliphatic rings. The van der Waals surface area contributed by atoms with Gasteiger partial charge in [0, 0.05) is 145 Å². The average Bonchev–Trinajstić information content (AvgIpc) is 4.06. The zero-order valence-corrected chi connectivity index (χ0v) is 42.6. The molecule has 8 heterocycles. The molecule has 21 heteroatoms. The van der Waals surface area contributed by atoms with E-state index in [9.17, 15) is 22.8 Å². The van der Waals surface area contributed by atoms with E-state index in [0.717, 1.165) is 124 Å². The van der Waals surface area contributed by atoms with Gasteiger partial charge in [0.05, 0.1) is 51.6 Å². The molecule has 3 amide bonds. The zero-order chi connectivity index (χ0) is 51.1. The molecule has 396 valence electrons. The number of hydrogen-bond donors (Lipinski definition) is 2. The second kappa shape index (κ2) is 23.4. The summed E-state index contributed by atoms with van der Waals surface area (Å²) in [7, 11) is 3.40. The highest BCUT2D eigenvalue weighted by Crippen LogP contribution is 2.44. The molecule has 1 atom stereocenters. The predicted octanol–water partition coefficient (Wildman–Crippen LogP) is 6.42. The quantitative estimate of drug-likeness (QED) is 0.0985. The number of hydrogen-bond acceptors (Lipinski definition) is 13. The molecule has 2 N–H and O–H groups in total. The number of rotatable bonds is 17. The van der Waals surface area contributed by atoms with Crippen molar-refractivity contribution >= 4 is 40.8 Å². The van der Waals surface area contributed by atoms with Crippen LogP contribution in [0.1, 0.15) is 73.4 Å². The number of piperidine rings is 2. The van der Waals surface area contributed by atoms with Crippen molar-refractivity contribution in [2.45, 2.75) is 76.4 Å². The summed E-state index contributed by atoms with van der Waals surface area (Å²) in [6, 6.07) is 12.4. The molecule has 10 rings (SSSR count). The van der Waals surface area contributed by atoms with Gasteiger partial charge in [-0.15, -0.1) is 0 Å². The van der Waals surface area contributed by atoms with Gasteiger partial charge in [0.25, 0.3) is 6.43 Å². The van der Waals surface area contributed by atoms with Crippen LogP contribution in [-0.4, -0.2) is 168 Å². The van der Waals surface area contributed by atoms with Crippen LogP contribution in [0.4, 0.5) is 46.8 Å². The second-order valence-corrected chi connectivity index (χ2v) is 20.0. The fourth-order valence-electron chi connectivity index (χ4n) is 11.3. The molecule has 0 spiro atoms. The van der Waals surface area contributed by atoms with Gasteiger partial charge < -0.3 is 44.6 Å². The lowest BCUT2D eigenvalue weighted by atomic mass is 9.92. The van der Waals surface area contributed by atoms with Crippen LogP contribution < -0.4 is 25.3 Å². The van der Waals surface area contributed by atoms with Crippen molar-refractivity contribution in [3.05, 3.63) is 89.4 Å². The molecule has 0 saturated carbocycles. The SMILES string of the molecule is CNC(=O)N1CCc2c(c(N3CCCc4cc(-c5cnn(C)c5)c(C(F)F)cc43)nn2C2CCN(C(=O)CCOCCOCCN3CCN(c4cc(N[C@@H]5CCCN(c6cccc(F)c6)C5)ncn4)CC3)CC2)C1. The molecule has 0 aliphatic carbocycles. The van der Waals surface area contributed by atoms with Crippen LogP contribution in [-0.2, 0) is 40.7 Å². The predicted molar refractivity (Wildman–Crippen MR) is 277 cm³/mol. The minimum atomic E-state index is -2.69. The molecular weight excluding hydrogens is 954 g/mol. The second-order valence-electron chi connectivity index (χ2n) is 20.0. The summed E-state index contributed by atoms with van der Waals surface area (Å²) in [5.74, 6) is 2.26. The Morgan fingerprint density at radius 2 is 1.68 bits per heavy atom. The van der Waals surface area contributed by atoms with Crippen LogP contribution >= 0.6 is 0 Å². The number of alkyl halides is 2. The van der Waals surface area contributed by atoms with Crippen LogP contribution in [0.3, 0.4) is 0 Å². The molecule has 74 heavy (non-hydrogen) atoms. The number of anilines is 5. The minimum absolute atomic E-state index is 0.0452. The molecule has 0 bridgehead atoms. The molecule has 5 aromatic rings. The molecule has 0 unspecified atom stereocenters. The summed E-state index contributed by atoms with van der Waals surface area (Å²) in [6.45, 7) is 10.5. The molecule has 3 aromatic heterocycles. The van der Waals surface area contributed by atoms with Gasteiger partial charge in [0.2, 0.25) is 5.91 Å². The lowest BCUT2D eigenvalue weighted by molar-refractivity contribution is -0.133. The van der Waals surface area contributed by atoms with E-state index < -0.39 is 6.43 Å². The minimum Gasteiger partial charge on any atom is -0.379 e. The van der Waals surface area contributed by atoms with Crippen molar-refractivity contribution in [1.82, 2.24) is 49.5 Å². The number of urea groups is 1. The maximum absolute atomic E-state index is 14.8. The summed E-state index contributed by atoms with van der Waals surface area (Å²) in [5.41, 5.74) is 5.70. The Bertz CT molecular complexity index is 2720. The van der Waals surface area contributed by atoms with Crippen LogP contribution in [0.5, 0.6) is 0 Å². The van der Waals surface area contributed by atoms with E-state index in [2.05, 4.69) is 50.0 Å². The number of nitrogens with one attached hydrogen (secondary N) is 2. The van der Waals surface area contributed by atoms with E-state index in [0.29, 0.717) is 88.9 Å². The van der Waals surface area contributed by atoms with Gasteiger partial charge in [0.1, 0.15) is 23.8 Å². The number of amides is 3. The summed E-state index contributed by atoms with van der Waals surface area (Å²) in [5, 5.41) is 15.9. The van der Waals surface area contributed by atoms with Gasteiger partial charge in [-0.3, -0.25) is 19.1 Å². The molecule has 3 saturated heterocycles. The molecule has 0 radical (unpaired) electrons. The Labute approximate surface area is 430 Å². The maximum atomic E-state index is 14.8. The fraction of sp³-hybridized carbons (Fsp3) is 0.547. The van der Waals surface area contributed by atoms with E-state index in [4.69, 9.17) is 14.6 Å². The number of halogens is 3. The highest BCUT2D eigenvalue weighted by molar-refractivity contribution is 5.78. The lowest BCUT2D eigenvalue weighted by Crippen LogP contribution is -2.47. The summed E-state index contributed by atoms with van der Waals surface area (Å²) in [4.78, 5) is 48.0. The Balaban J connectivity index is 0.651. The molecule has 2 aromatic carbocycles. The Morgan fingerprint density at radius 3 is 2.45 bits per heavy atom. The van der Waals surface area contributed by atoms with Crippen molar-refractivity contribution in [3.63, 3.8) is 0 Å². The first-order valence-corrected chi connectivity index (χ1v) is 26.4. The first kappa shape index (κ1) is 51.1. The average molecular weight is 1020 g/mol. The van der Waals surface area contributed by atoms with E-state index in [1.807, 2.05) is 23.1 Å². The van der Waals surface area contributed by atoms with E-state index in [1.54, 1.807) is 60.6 Å². The van der Waals surface area contributed by atoms with Gasteiger partial charge >= 0.3 is 6.03 Å². The summed E-state index contributed by atoms with van der Waals surface area (Å²) >= 11 is 0. The van der Waals surface area contributed by atoms with E-state index in [-0.39, 0.29) is 35.4 Å². The van der Waals surface area contributed by atoms with Crippen molar-refractivity contribution in [1.29, 1.82) is 0 Å². The van der Waals surface area contributed by atoms with Crippen LogP contribution in [0.15, 0.2) is 61.2 Å². The molecule has 5 aliphatic heterocycles. The van der Waals surface area contributed by atoms with Gasteiger partial charge in [-0.1, -0.05) is 6.07 Å². The largest absolute Gasteiger partial charge is 0.379 e. The Morgan fingerprint density at radius 1 is 0.851 bits per heavy atom. The topological polar surface area (TPSA) is 158 Å². The zero-order valence-electron chi connectivity index (χ0n) is 42.6. The molecular formula is C53H69F3N14O4. The smallest absolute Gasteiger partial charge is 0.317 e. The van der Waals surface area contributed by atoms with E-state index in [1.165, 1.54) is 6.07 Å². The summed E-state index contributed by atoms with van der Waals surface area (Å²) < 4.78 is 58.9. The number of ether oxygens (including phenoxy) is 2. The number of carbonyl (C=O) groups is 2. The number of likely N-dealkylation sites (tertiary alicyclic amines) is 1. The molecule has 3 fully saturated rings. The first-order chi connectivity index (χ1) is 36.1. The van der Waals surface area contributed by atoms with Crippen molar-refractivity contribution in [3.8, 4) is 11.1 Å². The van der Waals surface area contributed by atoms with E-state index >= 15 is 0 Å². The third-order valence-electron chi connectivity index (χ3n) is 15.3. The fourth-order valence-corrected chi connectivity index (χ4v) is 11.3. The highest BCUT2D eigenvalue weighted by Gasteiger charge is 2.36.